The second-order valence-electron chi connectivity index (χ2n) is 17.6. The number of aliphatic imine (C=N–C) groups is 2. The van der Waals surface area contributed by atoms with E-state index in [-0.39, 0.29) is 17.4 Å². The average Bonchev–Trinajstić information content (AvgIpc) is 3.73. The molecule has 61 heavy (non-hydrogen) atoms. The molecule has 0 saturated carbocycles. The summed E-state index contributed by atoms with van der Waals surface area (Å²) in [4.78, 5) is 11.3. The first-order valence-corrected chi connectivity index (χ1v) is 21.8. The zero-order chi connectivity index (χ0) is 41.1. The smallest absolute Gasteiger partial charge is 0.155 e. The molecule has 0 N–H and O–H groups in total. The first-order chi connectivity index (χ1) is 29.9. The van der Waals surface area contributed by atoms with E-state index in [4.69, 9.17) is 9.98 Å². The van der Waals surface area contributed by atoms with Crippen LogP contribution in [0.4, 0.5) is 0 Å². The van der Waals surface area contributed by atoms with Gasteiger partial charge in [0.2, 0.25) is 0 Å². The van der Waals surface area contributed by atoms with Crippen molar-refractivity contribution >= 4 is 11.5 Å². The average molecular weight is 785 g/mol. The quantitative estimate of drug-likeness (QED) is 0.160. The minimum atomic E-state index is -0.530. The minimum absolute atomic E-state index is 0.0769. The van der Waals surface area contributed by atoms with Crippen molar-refractivity contribution in [3.8, 4) is 33.4 Å². The molecule has 2 atom stereocenters. The monoisotopic (exact) mass is 784 g/mol. The Bertz CT molecular complexity index is 2960. The molecular weight excluding hydrogens is 737 g/mol. The number of nitrogens with zero attached hydrogens (tertiary/aromatic N) is 2. The van der Waals surface area contributed by atoms with Crippen molar-refractivity contribution in [3.05, 3.63) is 250 Å². The van der Waals surface area contributed by atoms with Crippen molar-refractivity contribution in [2.45, 2.75) is 50.5 Å². The highest BCUT2D eigenvalue weighted by Crippen LogP contribution is 2.58. The summed E-state index contributed by atoms with van der Waals surface area (Å²) < 4.78 is 0. The molecule has 0 spiro atoms. The molecule has 2 unspecified atom stereocenters. The van der Waals surface area contributed by atoms with Crippen LogP contribution in [-0.4, -0.2) is 11.5 Å². The summed E-state index contributed by atoms with van der Waals surface area (Å²) in [6, 6.07) is 73.8. The molecular formula is C59H48N2. The maximum absolute atomic E-state index is 5.85. The maximum atomic E-state index is 5.85. The van der Waals surface area contributed by atoms with E-state index in [0.29, 0.717) is 0 Å². The van der Waals surface area contributed by atoms with Gasteiger partial charge in [0.15, 0.2) is 5.84 Å². The third kappa shape index (κ3) is 5.92. The van der Waals surface area contributed by atoms with Crippen molar-refractivity contribution in [3.63, 3.8) is 0 Å². The fourth-order valence-corrected chi connectivity index (χ4v) is 10.8. The fraction of sp³-hybridized carbons (Fsp3) is 0.153. The van der Waals surface area contributed by atoms with E-state index in [9.17, 15) is 0 Å². The standard InChI is InChI=1S/C59H48N2/c1-39-32-35-55(40-20-8-4-9-21-40)60-57(41-22-10-5-11-23-41)61-56(39)50-38-54-49(37-47(50)42-33-34-52-48(36-42)45-28-16-18-30-51(45)58(52,2)3)46-29-17-19-31-53(46)59(54,43-24-12-6-13-25-43)44-26-14-7-15-27-44/h4-31,33-34,36-39,56H,32,35H2,1-3H3/b60-55+,61-57-. The van der Waals surface area contributed by atoms with Crippen LogP contribution in [0.2, 0.25) is 0 Å². The molecule has 2 nitrogen and oxygen atoms in total. The SMILES string of the molecule is CC1CC/C(c2ccccc2)=N\C(c2ccccc2)=N/C1c1cc2c(cc1-c1ccc3c(c1)-c1ccccc1C3(C)C)-c1ccccc1C2(c1ccccc1)c1ccccc1. The van der Waals surface area contributed by atoms with Gasteiger partial charge in [-0.25, -0.2) is 4.99 Å². The third-order valence-corrected chi connectivity index (χ3v) is 13.9. The Morgan fingerprint density at radius 1 is 0.443 bits per heavy atom. The Hall–Kier alpha value is -6.90. The van der Waals surface area contributed by atoms with Crippen molar-refractivity contribution in [2.24, 2.45) is 15.9 Å². The largest absolute Gasteiger partial charge is 0.258 e. The molecule has 0 aromatic heterocycles. The van der Waals surface area contributed by atoms with Gasteiger partial charge in [0.05, 0.1) is 17.2 Å². The van der Waals surface area contributed by atoms with Gasteiger partial charge in [0.1, 0.15) is 0 Å². The summed E-state index contributed by atoms with van der Waals surface area (Å²) in [5, 5.41) is 0. The predicted octanol–water partition coefficient (Wildman–Crippen LogP) is 14.4. The van der Waals surface area contributed by atoms with E-state index in [0.717, 1.165) is 35.5 Å². The number of hydrogen-bond donors (Lipinski definition) is 0. The second kappa shape index (κ2) is 14.7. The molecule has 294 valence electrons. The zero-order valence-electron chi connectivity index (χ0n) is 35.0. The van der Waals surface area contributed by atoms with E-state index < -0.39 is 5.41 Å². The molecule has 3 aliphatic rings. The number of rotatable bonds is 6. The van der Waals surface area contributed by atoms with Crippen LogP contribution < -0.4 is 0 Å². The van der Waals surface area contributed by atoms with Gasteiger partial charge in [-0.2, -0.15) is 0 Å². The molecule has 1 aliphatic heterocycles. The lowest BCUT2D eigenvalue weighted by atomic mass is 9.67. The van der Waals surface area contributed by atoms with E-state index >= 15 is 0 Å². The summed E-state index contributed by atoms with van der Waals surface area (Å²) in [7, 11) is 0. The molecule has 0 radical (unpaired) electrons. The van der Waals surface area contributed by atoms with Crippen LogP contribution in [0, 0.1) is 5.92 Å². The fourth-order valence-electron chi connectivity index (χ4n) is 10.8. The third-order valence-electron chi connectivity index (χ3n) is 13.9. The molecule has 8 aromatic carbocycles. The number of amidine groups is 1. The van der Waals surface area contributed by atoms with Crippen LogP contribution in [0.25, 0.3) is 33.4 Å². The molecule has 0 saturated heterocycles. The molecule has 8 aromatic rings. The van der Waals surface area contributed by atoms with Gasteiger partial charge in [-0.15, -0.1) is 0 Å². The molecule has 1 heterocycles. The number of benzene rings is 8. The Kier molecular flexibility index (Phi) is 8.93. The van der Waals surface area contributed by atoms with Crippen LogP contribution in [0.15, 0.2) is 210 Å². The summed E-state index contributed by atoms with van der Waals surface area (Å²) in [6.07, 6.45) is 1.82. The van der Waals surface area contributed by atoms with E-state index in [2.05, 4.69) is 221 Å². The second-order valence-corrected chi connectivity index (χ2v) is 17.6. The van der Waals surface area contributed by atoms with Crippen molar-refractivity contribution in [1.29, 1.82) is 0 Å². The molecule has 0 bridgehead atoms. The van der Waals surface area contributed by atoms with Crippen molar-refractivity contribution < 1.29 is 0 Å². The van der Waals surface area contributed by atoms with Gasteiger partial charge in [-0.3, -0.25) is 4.99 Å². The molecule has 11 rings (SSSR count). The van der Waals surface area contributed by atoms with E-state index in [1.54, 1.807) is 0 Å². The highest BCUT2D eigenvalue weighted by atomic mass is 15.0. The van der Waals surface area contributed by atoms with Gasteiger partial charge in [-0.1, -0.05) is 209 Å². The predicted molar refractivity (Wildman–Crippen MR) is 254 cm³/mol. The van der Waals surface area contributed by atoms with Crippen LogP contribution in [0.3, 0.4) is 0 Å². The van der Waals surface area contributed by atoms with Crippen molar-refractivity contribution in [2.75, 3.05) is 0 Å². The van der Waals surface area contributed by atoms with Crippen molar-refractivity contribution in [1.82, 2.24) is 0 Å². The Morgan fingerprint density at radius 2 is 0.967 bits per heavy atom. The van der Waals surface area contributed by atoms with Crippen LogP contribution in [0.1, 0.15) is 89.7 Å². The number of fused-ring (bicyclic) bond motifs is 6. The topological polar surface area (TPSA) is 24.7 Å². The summed E-state index contributed by atoms with van der Waals surface area (Å²) in [5.74, 6) is 0.998. The maximum Gasteiger partial charge on any atom is 0.155 e. The van der Waals surface area contributed by atoms with Gasteiger partial charge in [0.25, 0.3) is 0 Å². The van der Waals surface area contributed by atoms with Crippen LogP contribution in [0.5, 0.6) is 0 Å². The Balaban J connectivity index is 1.23. The molecule has 2 aliphatic carbocycles. The number of hydrogen-bond acceptors (Lipinski definition) is 2. The van der Waals surface area contributed by atoms with Crippen LogP contribution >= 0.6 is 0 Å². The van der Waals surface area contributed by atoms with Gasteiger partial charge in [-0.05, 0) is 109 Å². The first kappa shape index (κ1) is 37.1. The van der Waals surface area contributed by atoms with E-state index in [1.165, 1.54) is 72.3 Å². The Morgan fingerprint density at radius 3 is 1.62 bits per heavy atom. The lowest BCUT2D eigenvalue weighted by Crippen LogP contribution is -2.29. The van der Waals surface area contributed by atoms with Gasteiger partial charge >= 0.3 is 0 Å². The highest BCUT2D eigenvalue weighted by Gasteiger charge is 2.47. The zero-order valence-corrected chi connectivity index (χ0v) is 35.0. The summed E-state index contributed by atoms with van der Waals surface area (Å²) >= 11 is 0. The van der Waals surface area contributed by atoms with Crippen LogP contribution in [-0.2, 0) is 10.8 Å². The lowest BCUT2D eigenvalue weighted by molar-refractivity contribution is 0.446. The molecule has 2 heteroatoms. The normalized spacial score (nSPS) is 19.8. The van der Waals surface area contributed by atoms with Gasteiger partial charge < -0.3 is 0 Å². The lowest BCUT2D eigenvalue weighted by Gasteiger charge is -2.35. The summed E-state index contributed by atoms with van der Waals surface area (Å²) in [5.41, 5.74) is 19.5. The van der Waals surface area contributed by atoms with E-state index in [1.807, 2.05) is 0 Å². The summed E-state index contributed by atoms with van der Waals surface area (Å²) in [6.45, 7) is 7.13. The first-order valence-electron chi connectivity index (χ1n) is 21.8. The van der Waals surface area contributed by atoms with Gasteiger partial charge in [0, 0.05) is 11.0 Å². The minimum Gasteiger partial charge on any atom is -0.258 e. The Labute approximate surface area is 360 Å². The molecule has 0 fully saturated rings. The molecule has 0 amide bonds. The highest BCUT2D eigenvalue weighted by molar-refractivity contribution is 6.12.